The minimum absolute atomic E-state index is 0.263. The van der Waals surface area contributed by atoms with E-state index in [2.05, 4.69) is 18.6 Å². The SMILES string of the molecule is CCCCC(CC)CCCCC1CCCC1.O=C1CCC(=O)O1. The Kier molecular flexibility index (Phi) is 11.0. The van der Waals surface area contributed by atoms with Crippen LogP contribution < -0.4 is 0 Å². The summed E-state index contributed by atoms with van der Waals surface area (Å²) in [5.41, 5.74) is 0. The van der Waals surface area contributed by atoms with Crippen LogP contribution in [-0.2, 0) is 14.3 Å². The highest BCUT2D eigenvalue weighted by Gasteiger charge is 2.19. The van der Waals surface area contributed by atoms with Crippen LogP contribution in [0.3, 0.4) is 0 Å². The van der Waals surface area contributed by atoms with Gasteiger partial charge in [-0.1, -0.05) is 90.9 Å². The van der Waals surface area contributed by atoms with Gasteiger partial charge in [-0.15, -0.1) is 0 Å². The number of ether oxygens (including phenoxy) is 1. The molecular formula is C20H36O3. The van der Waals surface area contributed by atoms with E-state index in [-0.39, 0.29) is 12.8 Å². The highest BCUT2D eigenvalue weighted by atomic mass is 16.6. The molecule has 0 aromatic rings. The lowest BCUT2D eigenvalue weighted by molar-refractivity contribution is -0.151. The zero-order valence-electron chi connectivity index (χ0n) is 15.3. The Labute approximate surface area is 142 Å². The van der Waals surface area contributed by atoms with E-state index in [1.54, 1.807) is 0 Å². The second kappa shape index (κ2) is 12.5. The Balaban J connectivity index is 0.000000313. The second-order valence-corrected chi connectivity index (χ2v) is 7.20. The van der Waals surface area contributed by atoms with Gasteiger partial charge in [0, 0.05) is 0 Å². The first-order chi connectivity index (χ1) is 11.2. The molecule has 134 valence electrons. The maximum absolute atomic E-state index is 10.0. The van der Waals surface area contributed by atoms with Crippen LogP contribution in [-0.4, -0.2) is 11.9 Å². The molecule has 1 unspecified atom stereocenters. The molecule has 1 atom stereocenters. The van der Waals surface area contributed by atoms with Crippen molar-refractivity contribution in [3.63, 3.8) is 0 Å². The molecule has 0 N–H and O–H groups in total. The number of esters is 2. The van der Waals surface area contributed by atoms with E-state index in [0.29, 0.717) is 0 Å². The van der Waals surface area contributed by atoms with Gasteiger partial charge in [0.15, 0.2) is 0 Å². The minimum atomic E-state index is -0.398. The number of carbonyl (C=O) groups is 2. The third kappa shape index (κ3) is 9.78. The van der Waals surface area contributed by atoms with Crippen molar-refractivity contribution in [2.24, 2.45) is 11.8 Å². The van der Waals surface area contributed by atoms with Crippen molar-refractivity contribution in [2.75, 3.05) is 0 Å². The largest absolute Gasteiger partial charge is 0.393 e. The predicted molar refractivity (Wildman–Crippen MR) is 94.1 cm³/mol. The van der Waals surface area contributed by atoms with Gasteiger partial charge < -0.3 is 4.74 Å². The molecule has 2 rings (SSSR count). The van der Waals surface area contributed by atoms with E-state index in [0.717, 1.165) is 11.8 Å². The minimum Gasteiger partial charge on any atom is -0.393 e. The van der Waals surface area contributed by atoms with Gasteiger partial charge in [-0.25, -0.2) is 0 Å². The average Bonchev–Trinajstić information content (AvgIpc) is 3.19. The van der Waals surface area contributed by atoms with Crippen LogP contribution in [0.15, 0.2) is 0 Å². The first kappa shape index (κ1) is 20.2. The van der Waals surface area contributed by atoms with Crippen LogP contribution >= 0.6 is 0 Å². The summed E-state index contributed by atoms with van der Waals surface area (Å²) in [5, 5.41) is 0. The maximum atomic E-state index is 10.0. The summed E-state index contributed by atoms with van der Waals surface area (Å²) in [4.78, 5) is 20.0. The van der Waals surface area contributed by atoms with Crippen molar-refractivity contribution in [3.8, 4) is 0 Å². The third-order valence-corrected chi connectivity index (χ3v) is 5.25. The quantitative estimate of drug-likeness (QED) is 0.306. The lowest BCUT2D eigenvalue weighted by atomic mass is 9.91. The van der Waals surface area contributed by atoms with E-state index < -0.39 is 11.9 Å². The predicted octanol–water partition coefficient (Wildman–Crippen LogP) is 5.80. The summed E-state index contributed by atoms with van der Waals surface area (Å²) in [6.45, 7) is 4.68. The van der Waals surface area contributed by atoms with E-state index in [1.165, 1.54) is 77.0 Å². The molecule has 0 aromatic carbocycles. The molecule has 3 heteroatoms. The van der Waals surface area contributed by atoms with Crippen LogP contribution in [0.25, 0.3) is 0 Å². The Bertz CT molecular complexity index is 318. The van der Waals surface area contributed by atoms with E-state index in [9.17, 15) is 9.59 Å². The van der Waals surface area contributed by atoms with Crippen molar-refractivity contribution in [2.45, 2.75) is 104 Å². The summed E-state index contributed by atoms with van der Waals surface area (Å²) >= 11 is 0. The Morgan fingerprint density at radius 2 is 1.57 bits per heavy atom. The highest BCUT2D eigenvalue weighted by Crippen LogP contribution is 2.30. The van der Waals surface area contributed by atoms with Crippen LogP contribution in [0, 0.1) is 11.8 Å². The monoisotopic (exact) mass is 324 g/mol. The summed E-state index contributed by atoms with van der Waals surface area (Å²) in [6.07, 6.45) is 18.4. The van der Waals surface area contributed by atoms with Crippen LogP contribution in [0.2, 0.25) is 0 Å². The van der Waals surface area contributed by atoms with Gasteiger partial charge in [0.1, 0.15) is 0 Å². The maximum Gasteiger partial charge on any atom is 0.314 e. The van der Waals surface area contributed by atoms with Crippen molar-refractivity contribution in [1.29, 1.82) is 0 Å². The molecule has 2 aliphatic rings. The van der Waals surface area contributed by atoms with E-state index in [1.807, 2.05) is 0 Å². The molecule has 2 fully saturated rings. The van der Waals surface area contributed by atoms with Gasteiger partial charge >= 0.3 is 11.9 Å². The number of unbranched alkanes of at least 4 members (excludes halogenated alkanes) is 2. The first-order valence-electron chi connectivity index (χ1n) is 9.89. The number of carbonyl (C=O) groups excluding carboxylic acids is 2. The number of hydrogen-bond donors (Lipinski definition) is 0. The molecule has 23 heavy (non-hydrogen) atoms. The number of rotatable bonds is 9. The molecular weight excluding hydrogens is 288 g/mol. The molecule has 1 saturated carbocycles. The van der Waals surface area contributed by atoms with Crippen LogP contribution in [0.4, 0.5) is 0 Å². The summed E-state index contributed by atoms with van der Waals surface area (Å²) in [6, 6.07) is 0. The molecule has 1 aliphatic heterocycles. The van der Waals surface area contributed by atoms with Crippen molar-refractivity contribution in [1.82, 2.24) is 0 Å². The molecule has 3 nitrogen and oxygen atoms in total. The molecule has 0 bridgehead atoms. The molecule has 0 spiro atoms. The van der Waals surface area contributed by atoms with E-state index >= 15 is 0 Å². The van der Waals surface area contributed by atoms with Crippen LogP contribution in [0.5, 0.6) is 0 Å². The molecule has 1 saturated heterocycles. The average molecular weight is 325 g/mol. The molecule has 0 radical (unpaired) electrons. The van der Waals surface area contributed by atoms with Gasteiger partial charge in [-0.3, -0.25) is 9.59 Å². The van der Waals surface area contributed by atoms with Crippen molar-refractivity contribution in [3.05, 3.63) is 0 Å². The lowest BCUT2D eigenvalue weighted by Crippen LogP contribution is -2.00. The Hall–Kier alpha value is -0.860. The first-order valence-corrected chi connectivity index (χ1v) is 9.89. The third-order valence-electron chi connectivity index (χ3n) is 5.25. The van der Waals surface area contributed by atoms with Gasteiger partial charge in [-0.05, 0) is 11.8 Å². The number of cyclic esters (lactones) is 2. The van der Waals surface area contributed by atoms with Gasteiger partial charge in [0.05, 0.1) is 12.8 Å². The van der Waals surface area contributed by atoms with E-state index in [4.69, 9.17) is 0 Å². The smallest absolute Gasteiger partial charge is 0.314 e. The summed E-state index contributed by atoms with van der Waals surface area (Å²) in [7, 11) is 0. The highest BCUT2D eigenvalue weighted by molar-refractivity contribution is 5.92. The standard InChI is InChI=1S/C16H32.C4H4O3/c1-3-5-10-15(4-2)11-6-7-12-16-13-8-9-14-16;5-3-1-2-4(6)7-3/h15-16H,3-14H2,1-2H3;1-2H2. The Morgan fingerprint density at radius 1 is 0.957 bits per heavy atom. The zero-order chi connectivity index (χ0) is 16.9. The van der Waals surface area contributed by atoms with Crippen LogP contribution in [0.1, 0.15) is 104 Å². The fourth-order valence-electron chi connectivity index (χ4n) is 3.64. The van der Waals surface area contributed by atoms with Gasteiger partial charge in [0.2, 0.25) is 0 Å². The lowest BCUT2D eigenvalue weighted by Gasteiger charge is -2.15. The van der Waals surface area contributed by atoms with Gasteiger partial charge in [0.25, 0.3) is 0 Å². The van der Waals surface area contributed by atoms with Crippen molar-refractivity contribution < 1.29 is 14.3 Å². The second-order valence-electron chi connectivity index (χ2n) is 7.20. The normalized spacial score (nSPS) is 19.4. The van der Waals surface area contributed by atoms with Gasteiger partial charge in [-0.2, -0.15) is 0 Å². The molecule has 1 aliphatic carbocycles. The fourth-order valence-corrected chi connectivity index (χ4v) is 3.64. The molecule has 1 heterocycles. The topological polar surface area (TPSA) is 43.4 Å². The zero-order valence-corrected chi connectivity index (χ0v) is 15.3. The Morgan fingerprint density at radius 3 is 2.04 bits per heavy atom. The number of hydrogen-bond acceptors (Lipinski definition) is 3. The molecule has 0 aromatic heterocycles. The summed E-state index contributed by atoms with van der Waals surface area (Å²) in [5.74, 6) is 1.34. The molecule has 0 amide bonds. The fraction of sp³-hybridized carbons (Fsp3) is 0.900. The van der Waals surface area contributed by atoms with Crippen molar-refractivity contribution >= 4 is 11.9 Å². The summed E-state index contributed by atoms with van der Waals surface area (Å²) < 4.78 is 4.08.